The third kappa shape index (κ3) is 8.38. The van der Waals surface area contributed by atoms with Crippen LogP contribution in [-0.2, 0) is 22.7 Å². The van der Waals surface area contributed by atoms with Crippen molar-refractivity contribution in [3.8, 4) is 0 Å². The van der Waals surface area contributed by atoms with Gasteiger partial charge in [0.1, 0.15) is 0 Å². The van der Waals surface area contributed by atoms with E-state index in [9.17, 15) is 29.4 Å². The van der Waals surface area contributed by atoms with Crippen molar-refractivity contribution >= 4 is 80.9 Å². The van der Waals surface area contributed by atoms with Gasteiger partial charge in [-0.25, -0.2) is 19.6 Å². The minimum Gasteiger partial charge on any atom is -0.465 e. The van der Waals surface area contributed by atoms with Crippen LogP contribution in [0.25, 0.3) is 22.1 Å². The van der Waals surface area contributed by atoms with E-state index in [-0.39, 0.29) is 24.3 Å². The average molecular weight is 961 g/mol. The maximum absolute atomic E-state index is 13.4. The Balaban J connectivity index is 0.000000165. The van der Waals surface area contributed by atoms with Crippen LogP contribution in [0, 0.1) is 5.92 Å². The molecule has 0 aliphatic carbocycles. The summed E-state index contributed by atoms with van der Waals surface area (Å²) in [7, 11) is 0. The molecule has 4 amide bonds. The van der Waals surface area contributed by atoms with Crippen LogP contribution in [-0.4, -0.2) is 83.9 Å². The van der Waals surface area contributed by atoms with Crippen molar-refractivity contribution in [2.45, 2.75) is 30.8 Å². The predicted molar refractivity (Wildman–Crippen MR) is 262 cm³/mol. The third-order valence-electron chi connectivity index (χ3n) is 12.7. The van der Waals surface area contributed by atoms with Gasteiger partial charge in [0.25, 0.3) is 11.8 Å². The molecule has 0 radical (unpaired) electrons. The normalized spacial score (nSPS) is 18.6. The Labute approximate surface area is 404 Å². The number of nitrogens with one attached hydrogen (secondary N) is 5. The van der Waals surface area contributed by atoms with E-state index in [1.165, 1.54) is 9.80 Å². The number of anilines is 4. The minimum absolute atomic E-state index is 0.0407. The lowest BCUT2D eigenvalue weighted by Crippen LogP contribution is -2.45. The number of benzene rings is 6. The zero-order chi connectivity index (χ0) is 48.7. The quantitative estimate of drug-likeness (QED) is 0.0630. The molecule has 8 aromatic rings. The molecule has 10 N–H and O–H groups in total. The van der Waals surface area contributed by atoms with Crippen LogP contribution in [0.2, 0.25) is 5.02 Å². The topological polar surface area (TPSA) is 264 Å². The number of piperidine rings is 1. The van der Waals surface area contributed by atoms with Gasteiger partial charge in [0.15, 0.2) is 11.4 Å². The highest BCUT2D eigenvalue weighted by atomic mass is 35.5. The second-order valence-electron chi connectivity index (χ2n) is 17.2. The molecule has 3 aliphatic heterocycles. The number of ether oxygens (including phenoxy) is 1. The molecule has 6 aromatic carbocycles. The maximum atomic E-state index is 13.4. The van der Waals surface area contributed by atoms with Crippen LogP contribution in [0.5, 0.6) is 0 Å². The van der Waals surface area contributed by atoms with Crippen LogP contribution < -0.4 is 26.6 Å². The van der Waals surface area contributed by atoms with Crippen molar-refractivity contribution in [2.24, 2.45) is 5.92 Å². The summed E-state index contributed by atoms with van der Waals surface area (Å²) < 4.78 is 5.40. The molecule has 2 atom stereocenters. The van der Waals surface area contributed by atoms with E-state index in [0.717, 1.165) is 31.5 Å². The highest BCUT2D eigenvalue weighted by Crippen LogP contribution is 2.47. The molecular formula is C51H45ClN10O8. The monoisotopic (exact) mass is 960 g/mol. The summed E-state index contributed by atoms with van der Waals surface area (Å²) in [5.74, 6) is -0.00229. The number of fused-ring (bicyclic) bond motifs is 4. The summed E-state index contributed by atoms with van der Waals surface area (Å²) in [6.07, 6.45) is 0.140. The number of carbonyl (C=O) groups excluding carboxylic acids is 3. The van der Waals surface area contributed by atoms with Gasteiger partial charge in [-0.05, 0) is 92.0 Å². The molecule has 19 heteroatoms. The molecule has 0 spiro atoms. The number of carboxylic acid groups (broad SMARTS) is 1. The number of imidazole rings is 2. The van der Waals surface area contributed by atoms with E-state index < -0.39 is 29.5 Å². The summed E-state index contributed by atoms with van der Waals surface area (Å²) in [6.45, 7) is 2.48. The van der Waals surface area contributed by atoms with E-state index in [4.69, 9.17) is 27.2 Å². The second-order valence-corrected chi connectivity index (χ2v) is 17.6. The van der Waals surface area contributed by atoms with Crippen LogP contribution in [0.3, 0.4) is 0 Å². The first-order valence-electron chi connectivity index (χ1n) is 22.3. The minimum atomic E-state index is -1.87. The largest absolute Gasteiger partial charge is 0.465 e. The van der Waals surface area contributed by atoms with Crippen molar-refractivity contribution in [1.82, 2.24) is 30.2 Å². The zero-order valence-electron chi connectivity index (χ0n) is 37.1. The fourth-order valence-corrected chi connectivity index (χ4v) is 9.64. The molecule has 3 aliphatic rings. The fraction of sp³-hybridized carbons (Fsp3) is 0.176. The molecule has 2 unspecified atom stereocenters. The summed E-state index contributed by atoms with van der Waals surface area (Å²) in [6, 6.07) is 38.3. The first-order chi connectivity index (χ1) is 33.8. The van der Waals surface area contributed by atoms with Crippen LogP contribution in [0.4, 0.5) is 32.9 Å². The SMILES string of the molecule is Nc1cc(Cl)cc(N2C(=O)c3ccccc3C2(O)c2ccc3nc(NC(=O)O)[nH]c3c2)c1.O=C(Nc1nc2ccc(C3(O)c4ccccc4C(=O)N3Cc3ccccc3)cc2[nH]1)OCC1CCNCC1. The lowest BCUT2D eigenvalue weighted by atomic mass is 9.93. The number of amides is 4. The summed E-state index contributed by atoms with van der Waals surface area (Å²) in [4.78, 5) is 67.4. The lowest BCUT2D eigenvalue weighted by molar-refractivity contribution is -0.0542. The van der Waals surface area contributed by atoms with Gasteiger partial charge < -0.3 is 41.1 Å². The number of rotatable bonds is 9. The van der Waals surface area contributed by atoms with Gasteiger partial charge >= 0.3 is 12.2 Å². The zero-order valence-corrected chi connectivity index (χ0v) is 37.9. The molecule has 1 fully saturated rings. The van der Waals surface area contributed by atoms with Crippen LogP contribution >= 0.6 is 11.6 Å². The number of nitrogens with two attached hydrogens (primary N) is 1. The third-order valence-corrected chi connectivity index (χ3v) is 12.9. The van der Waals surface area contributed by atoms with Gasteiger partial charge in [-0.2, -0.15) is 0 Å². The highest BCUT2D eigenvalue weighted by Gasteiger charge is 2.52. The van der Waals surface area contributed by atoms with Crippen molar-refractivity contribution in [3.63, 3.8) is 0 Å². The van der Waals surface area contributed by atoms with Crippen molar-refractivity contribution in [3.05, 3.63) is 177 Å². The number of aromatic nitrogens is 4. The van der Waals surface area contributed by atoms with Crippen molar-refractivity contribution in [1.29, 1.82) is 0 Å². The second kappa shape index (κ2) is 18.3. The summed E-state index contributed by atoms with van der Waals surface area (Å²) in [5, 5.41) is 41.6. The van der Waals surface area contributed by atoms with Crippen LogP contribution in [0.1, 0.15) is 61.4 Å². The standard InChI is InChI=1S/C29H29N5O4.C22H16ClN5O4/c35-26-22-8-4-5-9-23(22)29(37,34(26)17-19-6-2-1-3-7-19)21-10-11-24-25(16-21)32-27(31-24)33-28(36)38-18-20-12-14-30-15-13-20;23-12-8-13(24)10-14(9-12)28-19(29)15-3-1-2-4-16(15)22(28,32)11-5-6-17-18(7-11)26-20(25-17)27-21(30)31/h1-11,16,20,30,37H,12-15,17-18H2,(H2,31,32,33,36);1-10,32H,24H2,(H,30,31)(H2,25,26,27). The first kappa shape index (κ1) is 45.5. The smallest absolute Gasteiger partial charge is 0.413 e. The van der Waals surface area contributed by atoms with Gasteiger partial charge in [0.05, 0.1) is 34.4 Å². The summed E-state index contributed by atoms with van der Waals surface area (Å²) >= 11 is 6.18. The fourth-order valence-electron chi connectivity index (χ4n) is 9.40. The number of carbonyl (C=O) groups is 4. The number of hydrogen-bond acceptors (Lipinski definition) is 11. The number of aromatic amines is 2. The van der Waals surface area contributed by atoms with Gasteiger partial charge in [-0.15, -0.1) is 0 Å². The Morgan fingerprint density at radius 3 is 1.93 bits per heavy atom. The Kier molecular flexibility index (Phi) is 11.9. The Morgan fingerprint density at radius 2 is 1.30 bits per heavy atom. The molecule has 1 saturated heterocycles. The Morgan fingerprint density at radius 1 is 0.729 bits per heavy atom. The molecule has 5 heterocycles. The van der Waals surface area contributed by atoms with E-state index >= 15 is 0 Å². The Hall–Kier alpha value is -8.29. The molecule has 2 aromatic heterocycles. The molecule has 11 rings (SSSR count). The highest BCUT2D eigenvalue weighted by molar-refractivity contribution is 6.31. The predicted octanol–water partition coefficient (Wildman–Crippen LogP) is 7.70. The molecule has 70 heavy (non-hydrogen) atoms. The van der Waals surface area contributed by atoms with E-state index in [2.05, 4.69) is 35.9 Å². The lowest BCUT2D eigenvalue weighted by Gasteiger charge is -2.35. The summed E-state index contributed by atoms with van der Waals surface area (Å²) in [5.41, 5.74) is 8.77. The van der Waals surface area contributed by atoms with E-state index in [1.54, 1.807) is 97.1 Å². The van der Waals surface area contributed by atoms with Crippen LogP contribution in [0.15, 0.2) is 133 Å². The van der Waals surface area contributed by atoms with Crippen molar-refractivity contribution in [2.75, 3.05) is 41.0 Å². The number of nitrogen functional groups attached to an aromatic ring is 1. The molecule has 0 saturated carbocycles. The number of aliphatic hydroxyl groups is 2. The van der Waals surface area contributed by atoms with E-state index in [0.29, 0.717) is 84.4 Å². The molecule has 0 bridgehead atoms. The number of hydrogen-bond donors (Lipinski definition) is 9. The van der Waals surface area contributed by atoms with Gasteiger partial charge in [0, 0.05) is 50.6 Å². The number of H-pyrrole nitrogens is 2. The van der Waals surface area contributed by atoms with Gasteiger partial charge in [0.2, 0.25) is 11.9 Å². The molecule has 354 valence electrons. The first-order valence-corrected chi connectivity index (χ1v) is 22.7. The number of halogens is 1. The number of nitrogens with zero attached hydrogens (tertiary/aromatic N) is 4. The molecular weight excluding hydrogens is 916 g/mol. The van der Waals surface area contributed by atoms with Crippen molar-refractivity contribution < 1.29 is 39.2 Å². The Bertz CT molecular complexity index is 3320. The molecule has 18 nitrogen and oxygen atoms in total. The van der Waals surface area contributed by atoms with E-state index in [1.807, 2.05) is 36.4 Å². The maximum Gasteiger partial charge on any atom is 0.413 e. The van der Waals surface area contributed by atoms with Gasteiger partial charge in [-0.1, -0.05) is 90.5 Å². The average Bonchev–Trinajstić information content (AvgIpc) is 4.07. The van der Waals surface area contributed by atoms with Gasteiger partial charge in [-0.3, -0.25) is 30.0 Å².